The molecular formula is C39H72O. The van der Waals surface area contributed by atoms with Gasteiger partial charge in [-0.1, -0.05) is 171 Å². The average molecular weight is 557 g/mol. The Bertz CT molecular complexity index is 725. The van der Waals surface area contributed by atoms with Crippen molar-refractivity contribution in [3.63, 3.8) is 0 Å². The van der Waals surface area contributed by atoms with E-state index in [9.17, 15) is 5.11 Å². The Morgan fingerprint density at radius 2 is 0.675 bits per heavy atom. The average Bonchev–Trinajstić information content (AvgIpc) is 2.86. The highest BCUT2D eigenvalue weighted by molar-refractivity contribution is 5.59. The normalized spacial score (nSPS) is 12.4. The van der Waals surface area contributed by atoms with Crippen molar-refractivity contribution in [3.8, 4) is 5.75 Å². The number of hydrogen-bond donors (Lipinski definition) is 1. The molecule has 0 fully saturated rings. The highest BCUT2D eigenvalue weighted by atomic mass is 16.3. The van der Waals surface area contributed by atoms with Gasteiger partial charge in [-0.25, -0.2) is 0 Å². The molecule has 0 spiro atoms. The molecule has 1 N–H and O–H groups in total. The number of unbranched alkanes of at least 4 members (excludes halogenated alkanes) is 18. The van der Waals surface area contributed by atoms with Crippen molar-refractivity contribution in [2.24, 2.45) is 0 Å². The maximum absolute atomic E-state index is 11.9. The summed E-state index contributed by atoms with van der Waals surface area (Å²) in [6, 6.07) is 0. The molecule has 0 saturated carbocycles. The van der Waals surface area contributed by atoms with Crippen LogP contribution in [0.2, 0.25) is 0 Å². The molecule has 1 aromatic carbocycles. The third-order valence-electron chi connectivity index (χ3n) is 9.04. The molecule has 0 atom stereocenters. The van der Waals surface area contributed by atoms with E-state index in [0.29, 0.717) is 5.75 Å². The van der Waals surface area contributed by atoms with Crippen LogP contribution in [-0.4, -0.2) is 5.11 Å². The molecule has 0 aliphatic heterocycles. The summed E-state index contributed by atoms with van der Waals surface area (Å²) in [5.41, 5.74) is 6.73. The number of phenolic OH excluding ortho intramolecular Hbond substituents is 1. The van der Waals surface area contributed by atoms with Gasteiger partial charge in [-0.15, -0.1) is 0 Å². The maximum atomic E-state index is 11.9. The zero-order valence-electron chi connectivity index (χ0n) is 29.0. The molecule has 0 heterocycles. The lowest BCUT2D eigenvalue weighted by molar-refractivity contribution is 0.417. The molecule has 234 valence electrons. The van der Waals surface area contributed by atoms with Crippen LogP contribution in [0.1, 0.15) is 212 Å². The van der Waals surface area contributed by atoms with Crippen molar-refractivity contribution < 1.29 is 5.11 Å². The topological polar surface area (TPSA) is 20.2 Å². The van der Waals surface area contributed by atoms with Crippen molar-refractivity contribution in [1.29, 1.82) is 0 Å². The van der Waals surface area contributed by atoms with Crippen molar-refractivity contribution in [2.45, 2.75) is 214 Å². The Morgan fingerprint density at radius 1 is 0.425 bits per heavy atom. The first-order valence-corrected chi connectivity index (χ1v) is 17.8. The molecule has 0 radical (unpaired) electrons. The van der Waals surface area contributed by atoms with Gasteiger partial charge in [0.15, 0.2) is 0 Å². The predicted octanol–water partition coefficient (Wildman–Crippen LogP) is 13.2. The van der Waals surface area contributed by atoms with E-state index in [0.717, 1.165) is 12.8 Å². The second kappa shape index (κ2) is 20.0. The van der Waals surface area contributed by atoms with Crippen LogP contribution in [0.25, 0.3) is 0 Å². The molecule has 0 unspecified atom stereocenters. The molecule has 1 rings (SSSR count). The standard InChI is InChI=1S/C39H72O/c1-10-12-14-16-18-20-22-24-26-28-30-33-32(3)34(31-29-27-25-23-21-19-17-15-13-11-2)36(39(7,8)9)37(40)35(33)38(4,5)6/h40H,10-31H2,1-9H3. The van der Waals surface area contributed by atoms with Crippen LogP contribution in [0, 0.1) is 6.92 Å². The molecule has 0 amide bonds. The number of phenols is 1. The van der Waals surface area contributed by atoms with E-state index in [2.05, 4.69) is 62.3 Å². The summed E-state index contributed by atoms with van der Waals surface area (Å²) >= 11 is 0. The fourth-order valence-electron chi connectivity index (χ4n) is 6.79. The predicted molar refractivity (Wildman–Crippen MR) is 181 cm³/mol. The van der Waals surface area contributed by atoms with Crippen molar-refractivity contribution in [2.75, 3.05) is 0 Å². The zero-order valence-corrected chi connectivity index (χ0v) is 29.0. The SMILES string of the molecule is CCCCCCCCCCCCc1c(C)c(CCCCCCCCCCCC)c(C(C)(C)C)c(O)c1C(C)(C)C. The summed E-state index contributed by atoms with van der Waals surface area (Å²) in [5.74, 6) is 0.606. The summed E-state index contributed by atoms with van der Waals surface area (Å²) in [6.07, 6.45) is 29.6. The number of hydrogen-bond acceptors (Lipinski definition) is 1. The van der Waals surface area contributed by atoms with Crippen molar-refractivity contribution >= 4 is 0 Å². The first kappa shape index (κ1) is 37.0. The summed E-state index contributed by atoms with van der Waals surface area (Å²) in [5, 5.41) is 11.9. The van der Waals surface area contributed by atoms with Crippen LogP contribution in [0.3, 0.4) is 0 Å². The quantitative estimate of drug-likeness (QED) is 0.141. The highest BCUT2D eigenvalue weighted by Crippen LogP contribution is 2.46. The number of rotatable bonds is 22. The van der Waals surface area contributed by atoms with E-state index >= 15 is 0 Å². The van der Waals surface area contributed by atoms with E-state index < -0.39 is 0 Å². The van der Waals surface area contributed by atoms with Gasteiger partial charge in [0, 0.05) is 11.1 Å². The highest BCUT2D eigenvalue weighted by Gasteiger charge is 2.32. The second-order valence-corrected chi connectivity index (χ2v) is 15.0. The Morgan fingerprint density at radius 3 is 0.925 bits per heavy atom. The van der Waals surface area contributed by atoms with Gasteiger partial charge in [0.2, 0.25) is 0 Å². The van der Waals surface area contributed by atoms with Crippen molar-refractivity contribution in [1.82, 2.24) is 0 Å². The van der Waals surface area contributed by atoms with Crippen LogP contribution >= 0.6 is 0 Å². The van der Waals surface area contributed by atoms with E-state index in [1.165, 1.54) is 156 Å². The largest absolute Gasteiger partial charge is 0.507 e. The monoisotopic (exact) mass is 557 g/mol. The molecule has 1 nitrogen and oxygen atoms in total. The smallest absolute Gasteiger partial charge is 0.123 e. The first-order chi connectivity index (χ1) is 19.0. The number of benzene rings is 1. The van der Waals surface area contributed by atoms with E-state index in [-0.39, 0.29) is 10.8 Å². The zero-order chi connectivity index (χ0) is 30.0. The summed E-state index contributed by atoms with van der Waals surface area (Å²) in [4.78, 5) is 0. The minimum Gasteiger partial charge on any atom is -0.507 e. The van der Waals surface area contributed by atoms with Crippen LogP contribution in [0.4, 0.5) is 0 Å². The molecular weight excluding hydrogens is 484 g/mol. The molecule has 0 aliphatic carbocycles. The van der Waals surface area contributed by atoms with Gasteiger partial charge in [0.05, 0.1) is 0 Å². The van der Waals surface area contributed by atoms with E-state index in [1.54, 1.807) is 0 Å². The Labute approximate surface area is 252 Å². The number of aromatic hydroxyl groups is 1. The van der Waals surface area contributed by atoms with Gasteiger partial charge in [-0.05, 0) is 60.1 Å². The third-order valence-corrected chi connectivity index (χ3v) is 9.04. The van der Waals surface area contributed by atoms with Gasteiger partial charge in [0.25, 0.3) is 0 Å². The maximum Gasteiger partial charge on any atom is 0.123 e. The minimum absolute atomic E-state index is 0.0572. The molecule has 0 aliphatic rings. The Hall–Kier alpha value is -0.980. The molecule has 0 bridgehead atoms. The Kier molecular flexibility index (Phi) is 18.5. The van der Waals surface area contributed by atoms with Gasteiger partial charge in [-0.3, -0.25) is 0 Å². The lowest BCUT2D eigenvalue weighted by atomic mass is 9.71. The fourth-order valence-corrected chi connectivity index (χ4v) is 6.79. The lowest BCUT2D eigenvalue weighted by Crippen LogP contribution is -2.23. The van der Waals surface area contributed by atoms with Gasteiger partial charge in [-0.2, -0.15) is 0 Å². The van der Waals surface area contributed by atoms with Gasteiger partial charge < -0.3 is 5.11 Å². The van der Waals surface area contributed by atoms with Gasteiger partial charge in [0.1, 0.15) is 5.75 Å². The van der Waals surface area contributed by atoms with E-state index in [4.69, 9.17) is 0 Å². The lowest BCUT2D eigenvalue weighted by Gasteiger charge is -2.34. The first-order valence-electron chi connectivity index (χ1n) is 17.8. The summed E-state index contributed by atoms with van der Waals surface area (Å²) < 4.78 is 0. The molecule has 1 heteroatoms. The molecule has 1 aromatic rings. The molecule has 0 saturated heterocycles. The van der Waals surface area contributed by atoms with E-state index in [1.807, 2.05) is 0 Å². The molecule has 0 aromatic heterocycles. The van der Waals surface area contributed by atoms with Crippen LogP contribution < -0.4 is 0 Å². The fraction of sp³-hybridized carbons (Fsp3) is 0.846. The molecule has 40 heavy (non-hydrogen) atoms. The minimum atomic E-state index is -0.0572. The second-order valence-electron chi connectivity index (χ2n) is 15.0. The van der Waals surface area contributed by atoms with Crippen LogP contribution in [0.15, 0.2) is 0 Å². The summed E-state index contributed by atoms with van der Waals surface area (Å²) in [6.45, 7) is 20.7. The van der Waals surface area contributed by atoms with Gasteiger partial charge >= 0.3 is 0 Å². The Balaban J connectivity index is 2.86. The summed E-state index contributed by atoms with van der Waals surface area (Å²) in [7, 11) is 0. The van der Waals surface area contributed by atoms with Crippen molar-refractivity contribution in [3.05, 3.63) is 27.8 Å². The third kappa shape index (κ3) is 13.8. The van der Waals surface area contributed by atoms with Crippen LogP contribution in [0.5, 0.6) is 5.75 Å². The van der Waals surface area contributed by atoms with Crippen LogP contribution in [-0.2, 0) is 23.7 Å².